The Morgan fingerprint density at radius 2 is 1.86 bits per heavy atom. The molecule has 1 aromatic heterocycles. The summed E-state index contributed by atoms with van der Waals surface area (Å²) in [5, 5.41) is 1.42. The summed E-state index contributed by atoms with van der Waals surface area (Å²) in [6, 6.07) is 5.06. The molecule has 1 unspecified atom stereocenters. The smallest absolute Gasteiger partial charge is 0.0486 e. The summed E-state index contributed by atoms with van der Waals surface area (Å²) in [7, 11) is 2.19. The summed E-state index contributed by atoms with van der Waals surface area (Å²) in [6.45, 7) is 9.89. The molecule has 3 heteroatoms. The second kappa shape index (κ2) is 6.05. The van der Waals surface area contributed by atoms with Crippen LogP contribution >= 0.6 is 0 Å². The minimum absolute atomic E-state index is 0.233. The molecule has 0 saturated heterocycles. The summed E-state index contributed by atoms with van der Waals surface area (Å²) in [5.41, 5.74) is 12.1. The van der Waals surface area contributed by atoms with E-state index in [2.05, 4.69) is 55.6 Å². The first-order valence-corrected chi connectivity index (χ1v) is 8.57. The van der Waals surface area contributed by atoms with Crippen LogP contribution in [0.15, 0.2) is 18.3 Å². The molecule has 2 N–H and O–H groups in total. The SMILES string of the molecule is CCCn1cc(CC(N)C(C)C)c2cc3c(cc21)CN(C)C3. The van der Waals surface area contributed by atoms with E-state index in [9.17, 15) is 0 Å². The molecule has 0 bridgehead atoms. The molecule has 0 fully saturated rings. The third-order valence-electron chi connectivity index (χ3n) is 4.94. The minimum atomic E-state index is 0.233. The Morgan fingerprint density at radius 1 is 1.18 bits per heavy atom. The van der Waals surface area contributed by atoms with E-state index in [0.29, 0.717) is 5.92 Å². The number of nitrogens with zero attached hydrogens (tertiary/aromatic N) is 2. The van der Waals surface area contributed by atoms with Crippen LogP contribution in [0, 0.1) is 5.92 Å². The Bertz CT molecular complexity index is 669. The van der Waals surface area contributed by atoms with Crippen molar-refractivity contribution in [1.82, 2.24) is 9.47 Å². The van der Waals surface area contributed by atoms with Crippen molar-refractivity contribution >= 4 is 10.9 Å². The number of aromatic nitrogens is 1. The molecule has 2 aromatic rings. The number of aryl methyl sites for hydroxylation is 1. The fourth-order valence-corrected chi connectivity index (χ4v) is 3.51. The zero-order chi connectivity index (χ0) is 15.9. The Labute approximate surface area is 134 Å². The number of fused-ring (bicyclic) bond motifs is 2. The van der Waals surface area contributed by atoms with Crippen molar-refractivity contribution in [3.63, 3.8) is 0 Å². The summed E-state index contributed by atoms with van der Waals surface area (Å²) < 4.78 is 2.43. The number of hydrogen-bond donors (Lipinski definition) is 1. The van der Waals surface area contributed by atoms with Crippen LogP contribution in [0.1, 0.15) is 43.9 Å². The number of hydrogen-bond acceptors (Lipinski definition) is 2. The molecule has 0 spiro atoms. The van der Waals surface area contributed by atoms with Gasteiger partial charge in [0.1, 0.15) is 0 Å². The standard InChI is InChI=1S/C19H29N3/c1-5-6-22-12-16(8-18(20)13(2)3)17-7-14-10-21(4)11-15(14)9-19(17)22/h7,9,12-13,18H,5-6,8,10-11,20H2,1-4H3. The average Bonchev–Trinajstić information content (AvgIpc) is 2.97. The average molecular weight is 299 g/mol. The molecule has 120 valence electrons. The summed E-state index contributed by atoms with van der Waals surface area (Å²) >= 11 is 0. The number of nitrogens with two attached hydrogens (primary N) is 1. The van der Waals surface area contributed by atoms with E-state index in [1.165, 1.54) is 27.6 Å². The van der Waals surface area contributed by atoms with Crippen molar-refractivity contribution in [2.45, 2.75) is 59.3 Å². The first kappa shape index (κ1) is 15.6. The predicted molar refractivity (Wildman–Crippen MR) is 93.9 cm³/mol. The van der Waals surface area contributed by atoms with Crippen molar-refractivity contribution in [2.75, 3.05) is 7.05 Å². The van der Waals surface area contributed by atoms with Crippen LogP contribution in [-0.4, -0.2) is 22.6 Å². The normalized spacial score (nSPS) is 16.6. The topological polar surface area (TPSA) is 34.2 Å². The van der Waals surface area contributed by atoms with Gasteiger partial charge in [-0.15, -0.1) is 0 Å². The highest BCUT2D eigenvalue weighted by molar-refractivity contribution is 5.86. The highest BCUT2D eigenvalue weighted by Crippen LogP contribution is 2.31. The van der Waals surface area contributed by atoms with Gasteiger partial charge in [0.2, 0.25) is 0 Å². The van der Waals surface area contributed by atoms with Gasteiger partial charge in [-0.3, -0.25) is 4.90 Å². The highest BCUT2D eigenvalue weighted by Gasteiger charge is 2.20. The van der Waals surface area contributed by atoms with Crippen LogP contribution in [-0.2, 0) is 26.1 Å². The van der Waals surface area contributed by atoms with Crippen LogP contribution < -0.4 is 5.73 Å². The fourth-order valence-electron chi connectivity index (χ4n) is 3.51. The largest absolute Gasteiger partial charge is 0.347 e. The van der Waals surface area contributed by atoms with Crippen LogP contribution in [0.3, 0.4) is 0 Å². The predicted octanol–water partition coefficient (Wildman–Crippen LogP) is 3.52. The molecule has 0 amide bonds. The lowest BCUT2D eigenvalue weighted by molar-refractivity contribution is 0.353. The van der Waals surface area contributed by atoms with Crippen molar-refractivity contribution in [2.24, 2.45) is 11.7 Å². The second-order valence-electron chi connectivity index (χ2n) is 7.27. The van der Waals surface area contributed by atoms with E-state index in [1.54, 1.807) is 0 Å². The second-order valence-corrected chi connectivity index (χ2v) is 7.27. The molecule has 1 aliphatic heterocycles. The maximum atomic E-state index is 6.34. The maximum absolute atomic E-state index is 6.34. The summed E-state index contributed by atoms with van der Waals surface area (Å²) in [4.78, 5) is 2.38. The van der Waals surface area contributed by atoms with Gasteiger partial charge >= 0.3 is 0 Å². The van der Waals surface area contributed by atoms with E-state index in [4.69, 9.17) is 5.73 Å². The van der Waals surface area contributed by atoms with E-state index in [1.807, 2.05) is 0 Å². The molecule has 0 aliphatic carbocycles. The molecule has 3 rings (SSSR count). The van der Waals surface area contributed by atoms with E-state index in [-0.39, 0.29) is 6.04 Å². The monoisotopic (exact) mass is 299 g/mol. The third-order valence-corrected chi connectivity index (χ3v) is 4.94. The fraction of sp³-hybridized carbons (Fsp3) is 0.579. The first-order chi connectivity index (χ1) is 10.5. The molecule has 2 heterocycles. The van der Waals surface area contributed by atoms with Gasteiger partial charge in [-0.1, -0.05) is 20.8 Å². The lowest BCUT2D eigenvalue weighted by atomic mass is 9.96. The van der Waals surface area contributed by atoms with E-state index in [0.717, 1.165) is 32.5 Å². The molecule has 1 aliphatic rings. The Balaban J connectivity index is 2.06. The van der Waals surface area contributed by atoms with Gasteiger partial charge in [-0.2, -0.15) is 0 Å². The molecule has 1 aromatic carbocycles. The summed E-state index contributed by atoms with van der Waals surface area (Å²) in [5.74, 6) is 0.519. The van der Waals surface area contributed by atoms with Crippen LogP contribution in [0.4, 0.5) is 0 Å². The Kier molecular flexibility index (Phi) is 4.28. The molecule has 0 radical (unpaired) electrons. The van der Waals surface area contributed by atoms with E-state index >= 15 is 0 Å². The maximum Gasteiger partial charge on any atom is 0.0486 e. The van der Waals surface area contributed by atoms with Crippen LogP contribution in [0.25, 0.3) is 10.9 Å². The Morgan fingerprint density at radius 3 is 2.50 bits per heavy atom. The van der Waals surface area contributed by atoms with Crippen molar-refractivity contribution in [1.29, 1.82) is 0 Å². The van der Waals surface area contributed by atoms with Crippen LogP contribution in [0.5, 0.6) is 0 Å². The zero-order valence-corrected chi connectivity index (χ0v) is 14.4. The Hall–Kier alpha value is -1.32. The highest BCUT2D eigenvalue weighted by atomic mass is 15.1. The number of rotatable bonds is 5. The summed E-state index contributed by atoms with van der Waals surface area (Å²) in [6.07, 6.45) is 4.48. The third kappa shape index (κ3) is 2.80. The van der Waals surface area contributed by atoms with Crippen molar-refractivity contribution in [3.8, 4) is 0 Å². The molecule has 0 saturated carbocycles. The van der Waals surface area contributed by atoms with Gasteiger partial charge in [0.05, 0.1) is 0 Å². The van der Waals surface area contributed by atoms with Crippen LogP contribution in [0.2, 0.25) is 0 Å². The van der Waals surface area contributed by atoms with Gasteiger partial charge in [0.15, 0.2) is 0 Å². The van der Waals surface area contributed by atoms with Crippen molar-refractivity contribution < 1.29 is 0 Å². The van der Waals surface area contributed by atoms with Crippen molar-refractivity contribution in [3.05, 3.63) is 35.0 Å². The lowest BCUT2D eigenvalue weighted by Crippen LogP contribution is -2.28. The molecule has 1 atom stereocenters. The van der Waals surface area contributed by atoms with Gasteiger partial charge in [0, 0.05) is 42.8 Å². The quantitative estimate of drug-likeness (QED) is 0.916. The first-order valence-electron chi connectivity index (χ1n) is 8.57. The van der Waals surface area contributed by atoms with Gasteiger partial charge in [-0.05, 0) is 54.6 Å². The minimum Gasteiger partial charge on any atom is -0.347 e. The van der Waals surface area contributed by atoms with Gasteiger partial charge in [0.25, 0.3) is 0 Å². The van der Waals surface area contributed by atoms with Gasteiger partial charge in [-0.25, -0.2) is 0 Å². The van der Waals surface area contributed by atoms with Gasteiger partial charge < -0.3 is 10.3 Å². The lowest BCUT2D eigenvalue weighted by Gasteiger charge is -2.14. The molecular weight excluding hydrogens is 270 g/mol. The van der Waals surface area contributed by atoms with E-state index < -0.39 is 0 Å². The molecular formula is C19H29N3. The molecule has 3 nitrogen and oxygen atoms in total. The number of benzene rings is 1. The molecule has 22 heavy (non-hydrogen) atoms. The zero-order valence-electron chi connectivity index (χ0n) is 14.4.